The smallest absolute Gasteiger partial charge is 0.339 e. The number of halogens is 1. The lowest BCUT2D eigenvalue weighted by Crippen LogP contribution is -2.24. The predicted molar refractivity (Wildman–Crippen MR) is 114 cm³/mol. The second kappa shape index (κ2) is 9.48. The molecule has 2 amide bonds. The summed E-state index contributed by atoms with van der Waals surface area (Å²) < 4.78 is 11.7. The number of amides is 2. The molecule has 0 aliphatic heterocycles. The fraction of sp³-hybridized carbons (Fsp3) is 0.100. The van der Waals surface area contributed by atoms with E-state index in [1.807, 2.05) is 31.2 Å². The standard InChI is InChI=1S/C20H18BrN3O3S/c1-13-3-9-17(10-4-13)28-19-18(21)11-16(27-19)12-22-24-20(25)23-14-5-7-15(26-2)8-6-14/h3-12H,1-2H3,(H2,23,24,25)/b22-12+. The van der Waals surface area contributed by atoms with Gasteiger partial charge in [0.05, 0.1) is 17.8 Å². The van der Waals surface area contributed by atoms with Gasteiger partial charge in [-0.15, -0.1) is 0 Å². The largest absolute Gasteiger partial charge is 0.497 e. The molecule has 0 unspecified atom stereocenters. The third-order valence-corrected chi connectivity index (χ3v) is 5.46. The van der Waals surface area contributed by atoms with E-state index in [1.54, 1.807) is 37.4 Å². The van der Waals surface area contributed by atoms with Crippen molar-refractivity contribution in [1.29, 1.82) is 0 Å². The number of hydrogen-bond acceptors (Lipinski definition) is 5. The number of methoxy groups -OCH3 is 1. The maximum absolute atomic E-state index is 11.9. The van der Waals surface area contributed by atoms with E-state index in [0.29, 0.717) is 22.3 Å². The molecule has 1 heterocycles. The number of benzene rings is 2. The summed E-state index contributed by atoms with van der Waals surface area (Å²) in [6.45, 7) is 2.05. The molecule has 2 N–H and O–H groups in total. The number of rotatable bonds is 6. The van der Waals surface area contributed by atoms with Crippen LogP contribution in [0.5, 0.6) is 5.75 Å². The maximum atomic E-state index is 11.9. The number of hydrogen-bond donors (Lipinski definition) is 2. The average Bonchev–Trinajstić information content (AvgIpc) is 3.03. The van der Waals surface area contributed by atoms with Crippen molar-refractivity contribution >= 4 is 45.6 Å². The summed E-state index contributed by atoms with van der Waals surface area (Å²) in [5.41, 5.74) is 4.23. The number of nitrogens with zero attached hydrogens (tertiary/aromatic N) is 1. The zero-order valence-electron chi connectivity index (χ0n) is 15.2. The zero-order valence-corrected chi connectivity index (χ0v) is 17.6. The van der Waals surface area contributed by atoms with Crippen molar-refractivity contribution < 1.29 is 13.9 Å². The van der Waals surface area contributed by atoms with E-state index in [9.17, 15) is 4.79 Å². The summed E-state index contributed by atoms with van der Waals surface area (Å²) in [5, 5.41) is 7.29. The Kier molecular flexibility index (Phi) is 6.78. The summed E-state index contributed by atoms with van der Waals surface area (Å²) in [5.74, 6) is 1.23. The van der Waals surface area contributed by atoms with Crippen LogP contribution in [0.2, 0.25) is 0 Å². The predicted octanol–water partition coefficient (Wildman–Crippen LogP) is 5.67. The number of hydrazone groups is 1. The number of aryl methyl sites for hydroxylation is 1. The van der Waals surface area contributed by atoms with E-state index in [2.05, 4.69) is 31.8 Å². The third kappa shape index (κ3) is 5.64. The molecule has 0 aliphatic carbocycles. The molecule has 0 fully saturated rings. The highest BCUT2D eigenvalue weighted by molar-refractivity contribution is 9.10. The van der Waals surface area contributed by atoms with Crippen LogP contribution >= 0.6 is 27.7 Å². The van der Waals surface area contributed by atoms with Gasteiger partial charge in [0.1, 0.15) is 11.5 Å². The van der Waals surface area contributed by atoms with Gasteiger partial charge < -0.3 is 14.5 Å². The molecule has 6 nitrogen and oxygen atoms in total. The van der Waals surface area contributed by atoms with Gasteiger partial charge in [-0.25, -0.2) is 10.2 Å². The van der Waals surface area contributed by atoms with Gasteiger partial charge in [-0.3, -0.25) is 0 Å². The van der Waals surface area contributed by atoms with Gasteiger partial charge in [0.15, 0.2) is 5.09 Å². The maximum Gasteiger partial charge on any atom is 0.339 e. The first-order valence-corrected chi connectivity index (χ1v) is 9.92. The van der Waals surface area contributed by atoms with Crippen LogP contribution in [-0.4, -0.2) is 19.4 Å². The third-order valence-electron chi connectivity index (χ3n) is 3.61. The van der Waals surface area contributed by atoms with Gasteiger partial charge in [0.2, 0.25) is 0 Å². The molecule has 8 heteroatoms. The first kappa shape index (κ1) is 20.0. The van der Waals surface area contributed by atoms with Crippen molar-refractivity contribution in [3.05, 3.63) is 70.4 Å². The molecule has 3 aromatic rings. The summed E-state index contributed by atoms with van der Waals surface area (Å²) in [7, 11) is 1.58. The van der Waals surface area contributed by atoms with E-state index in [0.717, 1.165) is 9.37 Å². The first-order chi connectivity index (χ1) is 13.5. The van der Waals surface area contributed by atoms with Gasteiger partial charge in [0.25, 0.3) is 0 Å². The lowest BCUT2D eigenvalue weighted by Gasteiger charge is -2.05. The van der Waals surface area contributed by atoms with Crippen LogP contribution in [0.15, 0.2) is 78.6 Å². The highest BCUT2D eigenvalue weighted by Gasteiger charge is 2.10. The number of furan rings is 1. The van der Waals surface area contributed by atoms with E-state index in [4.69, 9.17) is 9.15 Å². The number of carbonyl (C=O) groups is 1. The molecule has 0 aliphatic rings. The van der Waals surface area contributed by atoms with Crippen LogP contribution in [0.25, 0.3) is 0 Å². The minimum absolute atomic E-state index is 0.457. The Balaban J connectivity index is 1.55. The van der Waals surface area contributed by atoms with Gasteiger partial charge in [-0.2, -0.15) is 5.10 Å². The molecule has 3 rings (SSSR count). The van der Waals surface area contributed by atoms with Crippen molar-refractivity contribution in [3.8, 4) is 5.75 Å². The van der Waals surface area contributed by atoms with E-state index < -0.39 is 6.03 Å². The topological polar surface area (TPSA) is 75.9 Å². The number of anilines is 1. The van der Waals surface area contributed by atoms with Crippen molar-refractivity contribution in [2.75, 3.05) is 12.4 Å². The van der Waals surface area contributed by atoms with Crippen LogP contribution in [-0.2, 0) is 0 Å². The molecular weight excluding hydrogens is 442 g/mol. The van der Waals surface area contributed by atoms with Crippen LogP contribution in [0.3, 0.4) is 0 Å². The normalized spacial score (nSPS) is 10.8. The Labute approximate surface area is 175 Å². The molecule has 0 bridgehead atoms. The molecular formula is C20H18BrN3O3S. The fourth-order valence-electron chi connectivity index (χ4n) is 2.20. The lowest BCUT2D eigenvalue weighted by molar-refractivity contribution is 0.252. The highest BCUT2D eigenvalue weighted by atomic mass is 79.9. The van der Waals surface area contributed by atoms with Gasteiger partial charge >= 0.3 is 6.03 Å². The van der Waals surface area contributed by atoms with Gasteiger partial charge in [-0.05, 0) is 59.3 Å². The Hall–Kier alpha value is -2.71. The fourth-order valence-corrected chi connectivity index (χ4v) is 3.53. The molecule has 0 atom stereocenters. The first-order valence-electron chi connectivity index (χ1n) is 8.31. The molecule has 28 heavy (non-hydrogen) atoms. The van der Waals surface area contributed by atoms with E-state index >= 15 is 0 Å². The monoisotopic (exact) mass is 459 g/mol. The molecule has 0 spiro atoms. The Bertz CT molecular complexity index is 969. The van der Waals surface area contributed by atoms with E-state index in [1.165, 1.54) is 23.5 Å². The number of urea groups is 1. The number of carbonyl (C=O) groups excluding carboxylic acids is 1. The minimum Gasteiger partial charge on any atom is -0.497 e. The summed E-state index contributed by atoms with van der Waals surface area (Å²) >= 11 is 4.98. The van der Waals surface area contributed by atoms with Crippen molar-refractivity contribution in [3.63, 3.8) is 0 Å². The highest BCUT2D eigenvalue weighted by Crippen LogP contribution is 2.35. The van der Waals surface area contributed by atoms with Crippen molar-refractivity contribution in [1.82, 2.24) is 5.43 Å². The van der Waals surface area contributed by atoms with Crippen LogP contribution in [0, 0.1) is 6.92 Å². The van der Waals surface area contributed by atoms with E-state index in [-0.39, 0.29) is 0 Å². The molecule has 2 aromatic carbocycles. The number of ether oxygens (including phenoxy) is 1. The van der Waals surface area contributed by atoms with Crippen LogP contribution in [0.1, 0.15) is 11.3 Å². The van der Waals surface area contributed by atoms with Crippen LogP contribution < -0.4 is 15.5 Å². The molecule has 0 radical (unpaired) electrons. The Morgan fingerprint density at radius 3 is 2.57 bits per heavy atom. The quantitative estimate of drug-likeness (QED) is 0.367. The second-order valence-electron chi connectivity index (χ2n) is 5.75. The second-order valence-corrected chi connectivity index (χ2v) is 7.65. The minimum atomic E-state index is -0.457. The molecule has 0 saturated carbocycles. The van der Waals surface area contributed by atoms with Gasteiger partial charge in [0, 0.05) is 16.6 Å². The van der Waals surface area contributed by atoms with Crippen molar-refractivity contribution in [2.45, 2.75) is 16.9 Å². The van der Waals surface area contributed by atoms with Crippen molar-refractivity contribution in [2.24, 2.45) is 5.10 Å². The summed E-state index contributed by atoms with van der Waals surface area (Å²) in [4.78, 5) is 13.0. The van der Waals surface area contributed by atoms with Crippen LogP contribution in [0.4, 0.5) is 10.5 Å². The molecule has 144 valence electrons. The Morgan fingerprint density at radius 1 is 1.18 bits per heavy atom. The zero-order chi connectivity index (χ0) is 19.9. The molecule has 1 aromatic heterocycles. The SMILES string of the molecule is COc1ccc(NC(=O)N/N=C/c2cc(Br)c(Sc3ccc(C)cc3)o2)cc1. The number of nitrogens with one attached hydrogen (secondary N) is 2. The average molecular weight is 460 g/mol. The van der Waals surface area contributed by atoms with Gasteiger partial charge in [-0.1, -0.05) is 29.5 Å². The lowest BCUT2D eigenvalue weighted by atomic mass is 10.2. The molecule has 0 saturated heterocycles. The Morgan fingerprint density at radius 2 is 1.89 bits per heavy atom. The summed E-state index contributed by atoms with van der Waals surface area (Å²) in [6.07, 6.45) is 1.44. The summed E-state index contributed by atoms with van der Waals surface area (Å²) in [6, 6.07) is 16.5.